The molecule has 1 aromatic heterocycles. The zero-order valence-corrected chi connectivity index (χ0v) is 11.8. The molecule has 1 unspecified atom stereocenters. The van der Waals surface area contributed by atoms with E-state index in [4.69, 9.17) is 4.74 Å². The van der Waals surface area contributed by atoms with E-state index in [-0.39, 0.29) is 6.04 Å². The van der Waals surface area contributed by atoms with Gasteiger partial charge in [-0.25, -0.2) is 4.68 Å². The first kappa shape index (κ1) is 13.0. The van der Waals surface area contributed by atoms with Crippen molar-refractivity contribution in [1.82, 2.24) is 25.1 Å². The Labute approximate surface area is 114 Å². The van der Waals surface area contributed by atoms with Gasteiger partial charge in [0.25, 0.3) is 0 Å². The van der Waals surface area contributed by atoms with E-state index >= 15 is 0 Å². The van der Waals surface area contributed by atoms with Gasteiger partial charge in [-0.3, -0.25) is 4.90 Å². The zero-order chi connectivity index (χ0) is 13.2. The highest BCUT2D eigenvalue weighted by Gasteiger charge is 2.28. The van der Waals surface area contributed by atoms with Crippen LogP contribution in [0.1, 0.15) is 44.5 Å². The van der Waals surface area contributed by atoms with Crippen LogP contribution in [0.3, 0.4) is 0 Å². The maximum Gasteiger partial charge on any atom is 0.167 e. The standard InChI is InChI=1S/C13H23N5O/c1-10(13-14-15-16-17(13)2)18-7-5-12(6-8-18)19-9-11-3-4-11/h10-12H,3-9H2,1-2H3. The third-order valence-electron chi connectivity index (χ3n) is 4.32. The summed E-state index contributed by atoms with van der Waals surface area (Å²) < 4.78 is 7.74. The Kier molecular flexibility index (Phi) is 3.79. The quantitative estimate of drug-likeness (QED) is 0.799. The van der Waals surface area contributed by atoms with Gasteiger partial charge in [-0.2, -0.15) is 0 Å². The third kappa shape index (κ3) is 3.12. The Balaban J connectivity index is 1.47. The predicted octanol–water partition coefficient (Wildman–Crippen LogP) is 1.16. The lowest BCUT2D eigenvalue weighted by Gasteiger charge is -2.35. The Morgan fingerprint density at radius 1 is 1.26 bits per heavy atom. The number of likely N-dealkylation sites (tertiary alicyclic amines) is 1. The van der Waals surface area contributed by atoms with Crippen LogP contribution in [0, 0.1) is 5.92 Å². The van der Waals surface area contributed by atoms with Crippen LogP contribution in [0.15, 0.2) is 0 Å². The van der Waals surface area contributed by atoms with Crippen LogP contribution in [0.2, 0.25) is 0 Å². The van der Waals surface area contributed by atoms with Crippen LogP contribution in [0.5, 0.6) is 0 Å². The molecular weight excluding hydrogens is 242 g/mol. The van der Waals surface area contributed by atoms with Gasteiger partial charge in [0, 0.05) is 26.7 Å². The molecule has 1 saturated carbocycles. The summed E-state index contributed by atoms with van der Waals surface area (Å²) in [5, 5.41) is 11.7. The second-order valence-corrected chi connectivity index (χ2v) is 5.85. The lowest BCUT2D eigenvalue weighted by atomic mass is 10.1. The summed E-state index contributed by atoms with van der Waals surface area (Å²) in [6, 6.07) is 0.282. The number of piperidine rings is 1. The van der Waals surface area contributed by atoms with Crippen molar-refractivity contribution >= 4 is 0 Å². The minimum absolute atomic E-state index is 0.282. The molecular formula is C13H23N5O. The van der Waals surface area contributed by atoms with E-state index in [1.54, 1.807) is 4.68 Å². The van der Waals surface area contributed by atoms with Crippen molar-refractivity contribution in [3.8, 4) is 0 Å². The molecule has 3 rings (SSSR count). The monoisotopic (exact) mass is 265 g/mol. The van der Waals surface area contributed by atoms with Crippen LogP contribution >= 0.6 is 0 Å². The molecule has 6 nitrogen and oxygen atoms in total. The predicted molar refractivity (Wildman–Crippen MR) is 70.5 cm³/mol. The van der Waals surface area contributed by atoms with Crippen LogP contribution in [0.4, 0.5) is 0 Å². The van der Waals surface area contributed by atoms with E-state index < -0.39 is 0 Å². The van der Waals surface area contributed by atoms with Gasteiger partial charge in [-0.05, 0) is 49.0 Å². The first-order valence-corrected chi connectivity index (χ1v) is 7.32. The smallest absolute Gasteiger partial charge is 0.167 e. The Morgan fingerprint density at radius 2 is 2.00 bits per heavy atom. The van der Waals surface area contributed by atoms with Crippen molar-refractivity contribution in [3.63, 3.8) is 0 Å². The topological polar surface area (TPSA) is 56.1 Å². The normalized spacial score (nSPS) is 23.7. The molecule has 0 bridgehead atoms. The minimum Gasteiger partial charge on any atom is -0.378 e. The lowest BCUT2D eigenvalue weighted by molar-refractivity contribution is -0.00613. The maximum atomic E-state index is 5.98. The fourth-order valence-electron chi connectivity index (χ4n) is 2.74. The fourth-order valence-corrected chi connectivity index (χ4v) is 2.74. The third-order valence-corrected chi connectivity index (χ3v) is 4.32. The Hall–Kier alpha value is -1.01. The Morgan fingerprint density at radius 3 is 2.58 bits per heavy atom. The Bertz CT molecular complexity index is 409. The summed E-state index contributed by atoms with van der Waals surface area (Å²) in [4.78, 5) is 2.45. The fraction of sp³-hybridized carbons (Fsp3) is 0.923. The van der Waals surface area contributed by atoms with Crippen molar-refractivity contribution in [2.75, 3.05) is 19.7 Å². The van der Waals surface area contributed by atoms with Gasteiger partial charge in [0.05, 0.1) is 12.1 Å². The summed E-state index contributed by atoms with van der Waals surface area (Å²) in [5.41, 5.74) is 0. The van der Waals surface area contributed by atoms with Crippen LogP contribution in [-0.2, 0) is 11.8 Å². The van der Waals surface area contributed by atoms with Crippen molar-refractivity contribution < 1.29 is 4.74 Å². The summed E-state index contributed by atoms with van der Waals surface area (Å²) in [7, 11) is 1.90. The second-order valence-electron chi connectivity index (χ2n) is 5.85. The summed E-state index contributed by atoms with van der Waals surface area (Å²) in [6.45, 7) is 5.30. The highest BCUT2D eigenvalue weighted by Crippen LogP contribution is 2.30. The number of tetrazole rings is 1. The summed E-state index contributed by atoms with van der Waals surface area (Å²) >= 11 is 0. The number of aromatic nitrogens is 4. The van der Waals surface area contributed by atoms with Gasteiger partial charge in [0.2, 0.25) is 0 Å². The molecule has 6 heteroatoms. The van der Waals surface area contributed by atoms with Gasteiger partial charge in [-0.1, -0.05) is 0 Å². The molecule has 1 atom stereocenters. The van der Waals surface area contributed by atoms with E-state index in [2.05, 4.69) is 27.3 Å². The maximum absolute atomic E-state index is 5.98. The van der Waals surface area contributed by atoms with Crippen molar-refractivity contribution in [3.05, 3.63) is 5.82 Å². The van der Waals surface area contributed by atoms with Gasteiger partial charge in [0.1, 0.15) is 0 Å². The number of hydrogen-bond acceptors (Lipinski definition) is 5. The molecule has 19 heavy (non-hydrogen) atoms. The molecule has 0 radical (unpaired) electrons. The summed E-state index contributed by atoms with van der Waals surface area (Å²) in [5.74, 6) is 1.80. The van der Waals surface area contributed by atoms with Crippen molar-refractivity contribution in [1.29, 1.82) is 0 Å². The SMILES string of the molecule is CC(c1nnnn1C)N1CCC(OCC2CC2)CC1. The average molecular weight is 265 g/mol. The number of aryl methyl sites for hydroxylation is 1. The molecule has 106 valence electrons. The molecule has 1 aliphatic carbocycles. The van der Waals surface area contributed by atoms with Gasteiger partial charge in [0.15, 0.2) is 5.82 Å². The van der Waals surface area contributed by atoms with E-state index in [9.17, 15) is 0 Å². The zero-order valence-electron chi connectivity index (χ0n) is 11.8. The number of nitrogens with zero attached hydrogens (tertiary/aromatic N) is 5. The van der Waals surface area contributed by atoms with E-state index in [0.29, 0.717) is 6.10 Å². The minimum atomic E-state index is 0.282. The number of rotatable bonds is 5. The lowest BCUT2D eigenvalue weighted by Crippen LogP contribution is -2.39. The van der Waals surface area contributed by atoms with E-state index in [0.717, 1.165) is 44.3 Å². The molecule has 0 N–H and O–H groups in total. The molecule has 2 heterocycles. The van der Waals surface area contributed by atoms with Crippen LogP contribution in [-0.4, -0.2) is 50.9 Å². The molecule has 2 aliphatic rings. The molecule has 0 aromatic carbocycles. The largest absolute Gasteiger partial charge is 0.378 e. The first-order chi connectivity index (χ1) is 9.24. The molecule has 1 aliphatic heterocycles. The van der Waals surface area contributed by atoms with E-state index in [1.165, 1.54) is 12.8 Å². The van der Waals surface area contributed by atoms with Crippen molar-refractivity contribution in [2.24, 2.45) is 13.0 Å². The van der Waals surface area contributed by atoms with Crippen LogP contribution < -0.4 is 0 Å². The molecule has 1 saturated heterocycles. The average Bonchev–Trinajstić information content (AvgIpc) is 3.17. The molecule has 2 fully saturated rings. The van der Waals surface area contributed by atoms with E-state index in [1.807, 2.05) is 7.05 Å². The number of hydrogen-bond donors (Lipinski definition) is 0. The molecule has 1 aromatic rings. The second kappa shape index (κ2) is 5.54. The van der Waals surface area contributed by atoms with Gasteiger partial charge >= 0.3 is 0 Å². The highest BCUT2D eigenvalue weighted by atomic mass is 16.5. The molecule has 0 spiro atoms. The van der Waals surface area contributed by atoms with Crippen molar-refractivity contribution in [2.45, 2.75) is 44.8 Å². The molecule has 0 amide bonds. The van der Waals surface area contributed by atoms with Gasteiger partial charge < -0.3 is 4.74 Å². The van der Waals surface area contributed by atoms with Gasteiger partial charge in [-0.15, -0.1) is 5.10 Å². The van der Waals surface area contributed by atoms with Crippen LogP contribution in [0.25, 0.3) is 0 Å². The number of ether oxygens (including phenoxy) is 1. The highest BCUT2D eigenvalue weighted by molar-refractivity contribution is 4.91. The summed E-state index contributed by atoms with van der Waals surface area (Å²) in [6.07, 6.45) is 5.45. The first-order valence-electron chi connectivity index (χ1n) is 7.32.